The summed E-state index contributed by atoms with van der Waals surface area (Å²) in [6.45, 7) is 7.38. The Morgan fingerprint density at radius 1 is 1.19 bits per heavy atom. The van der Waals surface area contributed by atoms with Crippen molar-refractivity contribution in [2.45, 2.75) is 46.3 Å². The molecule has 0 aliphatic heterocycles. The monoisotopic (exact) mass is 293 g/mol. The molecule has 0 fully saturated rings. The van der Waals surface area contributed by atoms with E-state index in [0.717, 1.165) is 5.56 Å². The second-order valence-electron chi connectivity index (χ2n) is 5.60. The summed E-state index contributed by atoms with van der Waals surface area (Å²) in [6.07, 6.45) is -0.361. The number of amides is 1. The third kappa shape index (κ3) is 5.85. The Bertz CT molecular complexity index is 482. The number of carbonyl (C=O) groups excluding carboxylic acids is 1. The number of benzene rings is 1. The number of aliphatic carboxylic acids is 1. The highest BCUT2D eigenvalue weighted by atomic mass is 16.5. The summed E-state index contributed by atoms with van der Waals surface area (Å²) in [6, 6.07) is 6.45. The quantitative estimate of drug-likeness (QED) is 0.809. The lowest BCUT2D eigenvalue weighted by Gasteiger charge is -2.20. The Labute approximate surface area is 125 Å². The normalized spacial score (nSPS) is 13.6. The molecule has 1 amide bonds. The zero-order valence-corrected chi connectivity index (χ0v) is 12.9. The molecule has 5 heteroatoms. The molecule has 0 bridgehead atoms. The maximum Gasteiger partial charge on any atom is 0.326 e. The number of carbonyl (C=O) groups is 2. The Kier molecular flexibility index (Phi) is 6.21. The summed E-state index contributed by atoms with van der Waals surface area (Å²) in [5.41, 5.74) is 1.10. The summed E-state index contributed by atoms with van der Waals surface area (Å²) in [5, 5.41) is 11.6. The first kappa shape index (κ1) is 17.0. The van der Waals surface area contributed by atoms with E-state index in [1.54, 1.807) is 19.1 Å². The largest absolute Gasteiger partial charge is 0.481 e. The molecule has 2 N–H and O–H groups in total. The predicted molar refractivity (Wildman–Crippen MR) is 80.3 cm³/mol. The number of nitrogens with one attached hydrogen (secondary N) is 1. The average molecular weight is 293 g/mol. The molecule has 1 unspecified atom stereocenters. The van der Waals surface area contributed by atoms with Gasteiger partial charge in [0.05, 0.1) is 0 Å². The van der Waals surface area contributed by atoms with E-state index >= 15 is 0 Å². The van der Waals surface area contributed by atoms with Gasteiger partial charge in [0.2, 0.25) is 0 Å². The van der Waals surface area contributed by atoms with Crippen LogP contribution in [0.25, 0.3) is 0 Å². The molecule has 0 saturated heterocycles. The molecule has 5 nitrogen and oxygen atoms in total. The maximum atomic E-state index is 12.0. The summed E-state index contributed by atoms with van der Waals surface area (Å²) >= 11 is 0. The van der Waals surface area contributed by atoms with Crippen molar-refractivity contribution in [3.05, 3.63) is 29.8 Å². The van der Waals surface area contributed by atoms with Gasteiger partial charge in [-0.3, -0.25) is 4.79 Å². The van der Waals surface area contributed by atoms with Gasteiger partial charge in [0.25, 0.3) is 5.91 Å². The van der Waals surface area contributed by atoms with E-state index in [1.165, 1.54) is 0 Å². The van der Waals surface area contributed by atoms with Crippen LogP contribution in [0.15, 0.2) is 24.3 Å². The first-order chi connectivity index (χ1) is 9.79. The number of aryl methyl sites for hydroxylation is 1. The van der Waals surface area contributed by atoms with E-state index < -0.39 is 24.0 Å². The second kappa shape index (κ2) is 7.67. The van der Waals surface area contributed by atoms with Crippen molar-refractivity contribution < 1.29 is 19.4 Å². The van der Waals surface area contributed by atoms with Gasteiger partial charge in [0, 0.05) is 0 Å². The standard InChI is InChI=1S/C16H23NO4/c1-10(2)9-14(16(19)20)17-15(18)12(4)21-13-7-5-11(3)6-8-13/h5-8,10,12,14H,9H2,1-4H3,(H,17,18)(H,19,20)/t12?,14-/m1/s1. The van der Waals surface area contributed by atoms with Crippen molar-refractivity contribution >= 4 is 11.9 Å². The lowest BCUT2D eigenvalue weighted by Crippen LogP contribution is -2.46. The van der Waals surface area contributed by atoms with Crippen LogP contribution < -0.4 is 10.1 Å². The molecular formula is C16H23NO4. The van der Waals surface area contributed by atoms with Gasteiger partial charge >= 0.3 is 5.97 Å². The lowest BCUT2D eigenvalue weighted by molar-refractivity contribution is -0.143. The van der Waals surface area contributed by atoms with E-state index in [4.69, 9.17) is 9.84 Å². The third-order valence-electron chi connectivity index (χ3n) is 3.02. The molecule has 0 saturated carbocycles. The Hall–Kier alpha value is -2.04. The summed E-state index contributed by atoms with van der Waals surface area (Å²) < 4.78 is 5.51. The molecule has 21 heavy (non-hydrogen) atoms. The van der Waals surface area contributed by atoms with E-state index in [0.29, 0.717) is 12.2 Å². The predicted octanol–water partition coefficient (Wildman–Crippen LogP) is 2.38. The summed E-state index contributed by atoms with van der Waals surface area (Å²) in [5.74, 6) is -0.693. The van der Waals surface area contributed by atoms with Crippen molar-refractivity contribution in [3.8, 4) is 5.75 Å². The number of ether oxygens (including phenoxy) is 1. The lowest BCUT2D eigenvalue weighted by atomic mass is 10.0. The molecule has 0 spiro atoms. The molecule has 116 valence electrons. The van der Waals surface area contributed by atoms with Gasteiger partial charge in [0.15, 0.2) is 6.10 Å². The van der Waals surface area contributed by atoms with Gasteiger partial charge in [-0.15, -0.1) is 0 Å². The highest BCUT2D eigenvalue weighted by Crippen LogP contribution is 2.13. The first-order valence-corrected chi connectivity index (χ1v) is 7.06. The van der Waals surface area contributed by atoms with Crippen LogP contribution in [-0.2, 0) is 9.59 Å². The summed E-state index contributed by atoms with van der Waals surface area (Å²) in [7, 11) is 0. The van der Waals surface area contributed by atoms with Crippen LogP contribution in [0.5, 0.6) is 5.75 Å². The fraction of sp³-hybridized carbons (Fsp3) is 0.500. The number of carboxylic acid groups (broad SMARTS) is 1. The molecular weight excluding hydrogens is 270 g/mol. The van der Waals surface area contributed by atoms with Crippen LogP contribution in [-0.4, -0.2) is 29.1 Å². The Morgan fingerprint density at radius 3 is 2.24 bits per heavy atom. The van der Waals surface area contributed by atoms with Crippen LogP contribution in [0, 0.1) is 12.8 Å². The van der Waals surface area contributed by atoms with Crippen LogP contribution >= 0.6 is 0 Å². The Morgan fingerprint density at radius 2 is 1.76 bits per heavy atom. The molecule has 0 aliphatic rings. The summed E-state index contributed by atoms with van der Waals surface area (Å²) in [4.78, 5) is 23.1. The SMILES string of the molecule is Cc1ccc(OC(C)C(=O)N[C@H](CC(C)C)C(=O)O)cc1. The van der Waals surface area contributed by atoms with Gasteiger partial charge in [-0.05, 0) is 38.3 Å². The van der Waals surface area contributed by atoms with E-state index in [-0.39, 0.29) is 5.92 Å². The van der Waals surface area contributed by atoms with Crippen molar-refractivity contribution in [2.24, 2.45) is 5.92 Å². The molecule has 0 radical (unpaired) electrons. The number of hydrogen-bond acceptors (Lipinski definition) is 3. The van der Waals surface area contributed by atoms with Gasteiger partial charge < -0.3 is 15.2 Å². The molecule has 0 heterocycles. The minimum Gasteiger partial charge on any atom is -0.481 e. The van der Waals surface area contributed by atoms with Crippen molar-refractivity contribution in [1.29, 1.82) is 0 Å². The number of hydrogen-bond donors (Lipinski definition) is 2. The van der Waals surface area contributed by atoms with Crippen LogP contribution in [0.2, 0.25) is 0 Å². The van der Waals surface area contributed by atoms with Crippen LogP contribution in [0.1, 0.15) is 32.8 Å². The average Bonchev–Trinajstić information content (AvgIpc) is 2.39. The van der Waals surface area contributed by atoms with Gasteiger partial charge in [0.1, 0.15) is 11.8 Å². The highest BCUT2D eigenvalue weighted by molar-refractivity contribution is 5.86. The maximum absolute atomic E-state index is 12.0. The van der Waals surface area contributed by atoms with Gasteiger partial charge in [-0.2, -0.15) is 0 Å². The zero-order valence-electron chi connectivity index (χ0n) is 12.9. The van der Waals surface area contributed by atoms with E-state index in [2.05, 4.69) is 5.32 Å². The molecule has 1 rings (SSSR count). The molecule has 1 aromatic rings. The molecule has 0 aromatic heterocycles. The van der Waals surface area contributed by atoms with Crippen LogP contribution in [0.3, 0.4) is 0 Å². The second-order valence-corrected chi connectivity index (χ2v) is 5.60. The number of rotatable bonds is 7. The fourth-order valence-electron chi connectivity index (χ4n) is 1.86. The third-order valence-corrected chi connectivity index (χ3v) is 3.02. The zero-order chi connectivity index (χ0) is 16.0. The fourth-order valence-corrected chi connectivity index (χ4v) is 1.86. The highest BCUT2D eigenvalue weighted by Gasteiger charge is 2.24. The van der Waals surface area contributed by atoms with E-state index in [9.17, 15) is 9.59 Å². The van der Waals surface area contributed by atoms with E-state index in [1.807, 2.05) is 32.9 Å². The topological polar surface area (TPSA) is 75.6 Å². The van der Waals surface area contributed by atoms with Gasteiger partial charge in [-0.1, -0.05) is 31.5 Å². The first-order valence-electron chi connectivity index (χ1n) is 7.06. The molecule has 1 aromatic carbocycles. The smallest absolute Gasteiger partial charge is 0.326 e. The minimum absolute atomic E-state index is 0.180. The Balaban J connectivity index is 2.60. The molecule has 0 aliphatic carbocycles. The van der Waals surface area contributed by atoms with Crippen LogP contribution in [0.4, 0.5) is 0 Å². The van der Waals surface area contributed by atoms with Crippen molar-refractivity contribution in [1.82, 2.24) is 5.32 Å². The minimum atomic E-state index is -1.03. The van der Waals surface area contributed by atoms with Crippen molar-refractivity contribution in [2.75, 3.05) is 0 Å². The number of carboxylic acids is 1. The molecule has 2 atom stereocenters. The van der Waals surface area contributed by atoms with Gasteiger partial charge in [-0.25, -0.2) is 4.79 Å². The van der Waals surface area contributed by atoms with Crippen molar-refractivity contribution in [3.63, 3.8) is 0 Å².